The molecule has 5 heteroatoms. The Morgan fingerprint density at radius 2 is 2.19 bits per heavy atom. The number of nitrogens with zero attached hydrogens (tertiary/aromatic N) is 2. The van der Waals surface area contributed by atoms with E-state index in [1.54, 1.807) is 25.4 Å². The summed E-state index contributed by atoms with van der Waals surface area (Å²) in [6, 6.07) is 6.11. The largest absolute Gasteiger partial charge is 0.384 e. The molecule has 2 rings (SSSR count). The Morgan fingerprint density at radius 1 is 1.38 bits per heavy atom. The molecule has 0 aromatic carbocycles. The Labute approximate surface area is 91.4 Å². The summed E-state index contributed by atoms with van der Waals surface area (Å²) < 4.78 is 14.0. The standard InChI is InChI=1S/C11H10FN3O/c1-13-9-3-2-6-15(11(9)16)10-5-4-8(12)7-14-10/h2-7,13H,1H3. The minimum Gasteiger partial charge on any atom is -0.384 e. The highest BCUT2D eigenvalue weighted by molar-refractivity contribution is 5.41. The molecule has 16 heavy (non-hydrogen) atoms. The highest BCUT2D eigenvalue weighted by Crippen LogP contribution is 2.04. The second-order valence-corrected chi connectivity index (χ2v) is 3.18. The van der Waals surface area contributed by atoms with Gasteiger partial charge in [-0.3, -0.25) is 9.36 Å². The Kier molecular flexibility index (Phi) is 2.68. The average Bonchev–Trinajstić information content (AvgIpc) is 2.31. The SMILES string of the molecule is CNc1cccn(-c2ccc(F)cn2)c1=O. The van der Waals surface area contributed by atoms with E-state index in [0.717, 1.165) is 6.20 Å². The summed E-state index contributed by atoms with van der Waals surface area (Å²) in [5.74, 6) is -0.0370. The second-order valence-electron chi connectivity index (χ2n) is 3.18. The van der Waals surface area contributed by atoms with Gasteiger partial charge in [0.05, 0.1) is 6.20 Å². The van der Waals surface area contributed by atoms with Crippen LogP contribution in [0.2, 0.25) is 0 Å². The first-order valence-electron chi connectivity index (χ1n) is 4.74. The second kappa shape index (κ2) is 4.14. The summed E-state index contributed by atoms with van der Waals surface area (Å²) >= 11 is 0. The average molecular weight is 219 g/mol. The van der Waals surface area contributed by atoms with Crippen LogP contribution in [0.4, 0.5) is 10.1 Å². The van der Waals surface area contributed by atoms with Crippen LogP contribution in [0.25, 0.3) is 5.82 Å². The van der Waals surface area contributed by atoms with E-state index in [-0.39, 0.29) is 5.56 Å². The number of hydrogen-bond acceptors (Lipinski definition) is 3. The molecule has 0 bridgehead atoms. The van der Waals surface area contributed by atoms with Crippen LogP contribution >= 0.6 is 0 Å². The topological polar surface area (TPSA) is 46.9 Å². The molecule has 0 saturated heterocycles. The highest BCUT2D eigenvalue weighted by atomic mass is 19.1. The monoisotopic (exact) mass is 219 g/mol. The minimum atomic E-state index is -0.429. The fourth-order valence-corrected chi connectivity index (χ4v) is 1.38. The molecule has 2 aromatic heterocycles. The number of anilines is 1. The summed E-state index contributed by atoms with van der Waals surface area (Å²) in [5, 5.41) is 2.78. The maximum Gasteiger partial charge on any atom is 0.279 e. The normalized spacial score (nSPS) is 10.1. The van der Waals surface area contributed by atoms with Crippen LogP contribution in [0.5, 0.6) is 0 Å². The molecule has 0 aliphatic heterocycles. The molecule has 2 heterocycles. The van der Waals surface area contributed by atoms with Gasteiger partial charge in [-0.05, 0) is 24.3 Å². The first-order chi connectivity index (χ1) is 7.72. The van der Waals surface area contributed by atoms with Gasteiger partial charge in [0.25, 0.3) is 5.56 Å². The van der Waals surface area contributed by atoms with Gasteiger partial charge in [-0.1, -0.05) is 0 Å². The fraction of sp³-hybridized carbons (Fsp3) is 0.0909. The van der Waals surface area contributed by atoms with Gasteiger partial charge in [0, 0.05) is 13.2 Å². The number of nitrogens with one attached hydrogen (secondary N) is 1. The van der Waals surface area contributed by atoms with Crippen molar-refractivity contribution in [1.82, 2.24) is 9.55 Å². The molecule has 82 valence electrons. The summed E-state index contributed by atoms with van der Waals surface area (Å²) in [5.41, 5.74) is 0.248. The molecule has 0 unspecified atom stereocenters. The summed E-state index contributed by atoms with van der Waals surface area (Å²) in [7, 11) is 1.67. The molecule has 1 N–H and O–H groups in total. The van der Waals surface area contributed by atoms with Crippen LogP contribution in [0.15, 0.2) is 41.5 Å². The van der Waals surface area contributed by atoms with Crippen molar-refractivity contribution in [3.8, 4) is 5.82 Å². The van der Waals surface area contributed by atoms with Gasteiger partial charge in [-0.25, -0.2) is 9.37 Å². The molecule has 0 spiro atoms. The molecule has 0 saturated carbocycles. The maximum absolute atomic E-state index is 12.7. The Bertz CT molecular complexity index is 548. The van der Waals surface area contributed by atoms with E-state index in [9.17, 15) is 9.18 Å². The first-order valence-corrected chi connectivity index (χ1v) is 4.74. The fourth-order valence-electron chi connectivity index (χ4n) is 1.38. The molecule has 0 aliphatic rings. The van der Waals surface area contributed by atoms with Crippen LogP contribution in [0.1, 0.15) is 0 Å². The van der Waals surface area contributed by atoms with Crippen LogP contribution in [0.3, 0.4) is 0 Å². The highest BCUT2D eigenvalue weighted by Gasteiger charge is 2.04. The van der Waals surface area contributed by atoms with Crippen LogP contribution in [-0.4, -0.2) is 16.6 Å². The molecular formula is C11H10FN3O. The van der Waals surface area contributed by atoms with Crippen molar-refractivity contribution in [2.75, 3.05) is 12.4 Å². The molecule has 4 nitrogen and oxygen atoms in total. The third-order valence-corrected chi connectivity index (χ3v) is 2.18. The predicted molar refractivity (Wildman–Crippen MR) is 59.3 cm³/mol. The van der Waals surface area contributed by atoms with E-state index in [2.05, 4.69) is 10.3 Å². The zero-order valence-corrected chi connectivity index (χ0v) is 8.64. The third-order valence-electron chi connectivity index (χ3n) is 2.18. The molecule has 0 radical (unpaired) electrons. The van der Waals surface area contributed by atoms with Gasteiger partial charge in [0.2, 0.25) is 0 Å². The van der Waals surface area contributed by atoms with Crippen molar-refractivity contribution < 1.29 is 4.39 Å². The van der Waals surface area contributed by atoms with E-state index in [1.807, 2.05) is 0 Å². The van der Waals surface area contributed by atoms with E-state index < -0.39 is 5.82 Å². The van der Waals surface area contributed by atoms with Gasteiger partial charge in [-0.15, -0.1) is 0 Å². The molecule has 0 amide bonds. The lowest BCUT2D eigenvalue weighted by Crippen LogP contribution is -2.21. The van der Waals surface area contributed by atoms with E-state index >= 15 is 0 Å². The van der Waals surface area contributed by atoms with E-state index in [0.29, 0.717) is 11.5 Å². The number of halogens is 1. The van der Waals surface area contributed by atoms with Gasteiger partial charge in [0.1, 0.15) is 17.3 Å². The molecule has 0 fully saturated rings. The van der Waals surface area contributed by atoms with E-state index in [4.69, 9.17) is 0 Å². The van der Waals surface area contributed by atoms with Gasteiger partial charge >= 0.3 is 0 Å². The lowest BCUT2D eigenvalue weighted by Gasteiger charge is -2.06. The third kappa shape index (κ3) is 1.79. The first kappa shape index (κ1) is 10.4. The van der Waals surface area contributed by atoms with Gasteiger partial charge in [-0.2, -0.15) is 0 Å². The molecule has 0 atom stereocenters. The quantitative estimate of drug-likeness (QED) is 0.830. The van der Waals surface area contributed by atoms with Gasteiger partial charge < -0.3 is 5.32 Å². The number of rotatable bonds is 2. The van der Waals surface area contributed by atoms with Crippen molar-refractivity contribution >= 4 is 5.69 Å². The van der Waals surface area contributed by atoms with E-state index in [1.165, 1.54) is 16.7 Å². The Hall–Kier alpha value is -2.17. The van der Waals surface area contributed by atoms with Crippen molar-refractivity contribution in [3.63, 3.8) is 0 Å². The van der Waals surface area contributed by atoms with Crippen molar-refractivity contribution in [2.24, 2.45) is 0 Å². The van der Waals surface area contributed by atoms with Crippen molar-refractivity contribution in [2.45, 2.75) is 0 Å². The Morgan fingerprint density at radius 3 is 2.81 bits per heavy atom. The molecule has 0 aliphatic carbocycles. The zero-order valence-electron chi connectivity index (χ0n) is 8.64. The summed E-state index contributed by atoms with van der Waals surface area (Å²) in [6.45, 7) is 0. The molecular weight excluding hydrogens is 209 g/mol. The predicted octanol–water partition coefficient (Wildman–Crippen LogP) is 1.41. The number of hydrogen-bond donors (Lipinski definition) is 1. The zero-order chi connectivity index (χ0) is 11.5. The van der Waals surface area contributed by atoms with Crippen LogP contribution in [0, 0.1) is 5.82 Å². The lowest BCUT2D eigenvalue weighted by atomic mass is 10.4. The number of pyridine rings is 2. The van der Waals surface area contributed by atoms with Gasteiger partial charge in [0.15, 0.2) is 0 Å². The minimum absolute atomic E-state index is 0.218. The van der Waals surface area contributed by atoms with Crippen LogP contribution in [-0.2, 0) is 0 Å². The smallest absolute Gasteiger partial charge is 0.279 e. The van der Waals surface area contributed by atoms with Crippen molar-refractivity contribution in [3.05, 3.63) is 52.8 Å². The number of aromatic nitrogens is 2. The van der Waals surface area contributed by atoms with Crippen LogP contribution < -0.4 is 10.9 Å². The lowest BCUT2D eigenvalue weighted by molar-refractivity contribution is 0.620. The van der Waals surface area contributed by atoms with Crippen molar-refractivity contribution in [1.29, 1.82) is 0 Å². The summed E-state index contributed by atoms with van der Waals surface area (Å²) in [6.07, 6.45) is 2.66. The maximum atomic E-state index is 12.7. The summed E-state index contributed by atoms with van der Waals surface area (Å²) in [4.78, 5) is 15.7. The Balaban J connectivity index is 2.56. The molecule has 2 aromatic rings.